The van der Waals surface area contributed by atoms with Gasteiger partial charge in [-0.25, -0.2) is 0 Å². The average molecular weight is 423 g/mol. The third-order valence-electron chi connectivity index (χ3n) is 8.23. The third-order valence-corrected chi connectivity index (χ3v) is 8.23. The lowest BCUT2D eigenvalue weighted by Gasteiger charge is -2.59. The van der Waals surface area contributed by atoms with Crippen LogP contribution in [0.5, 0.6) is 0 Å². The maximum atomic E-state index is 12.3. The van der Waals surface area contributed by atoms with Crippen molar-refractivity contribution in [3.05, 3.63) is 12.2 Å². The Kier molecular flexibility index (Phi) is 8.55. The van der Waals surface area contributed by atoms with Gasteiger partial charge in [-0.2, -0.15) is 0 Å². The molecule has 30 heavy (non-hydrogen) atoms. The summed E-state index contributed by atoms with van der Waals surface area (Å²) in [5, 5.41) is 9.34. The smallest absolute Gasteiger partial charge is 0.306 e. The van der Waals surface area contributed by atoms with Crippen molar-refractivity contribution in [2.45, 2.75) is 92.1 Å². The Morgan fingerprint density at radius 3 is 2.63 bits per heavy atom. The zero-order valence-electron chi connectivity index (χ0n) is 19.7. The summed E-state index contributed by atoms with van der Waals surface area (Å²) < 4.78 is 10.1. The summed E-state index contributed by atoms with van der Waals surface area (Å²) >= 11 is 0. The van der Waals surface area contributed by atoms with E-state index < -0.39 is 12.1 Å². The molecule has 0 heterocycles. The summed E-state index contributed by atoms with van der Waals surface area (Å²) in [5.41, 5.74) is 1.96. The van der Waals surface area contributed by atoms with Gasteiger partial charge in [0.2, 0.25) is 0 Å². The van der Waals surface area contributed by atoms with E-state index in [1.807, 2.05) is 0 Å². The van der Waals surface area contributed by atoms with Gasteiger partial charge in [-0.1, -0.05) is 39.8 Å². The maximum Gasteiger partial charge on any atom is 0.306 e. The number of ether oxygens (including phenoxy) is 2. The van der Waals surface area contributed by atoms with E-state index in [0.29, 0.717) is 18.3 Å². The minimum Gasteiger partial charge on any atom is -0.462 e. The Balaban J connectivity index is 1.92. The molecule has 0 amide bonds. The topological polar surface area (TPSA) is 72.8 Å². The van der Waals surface area contributed by atoms with Crippen molar-refractivity contribution < 1.29 is 24.2 Å². The number of rotatable bonds is 9. The second-order valence-corrected chi connectivity index (χ2v) is 10.4. The molecule has 2 saturated carbocycles. The number of hydrogen-bond acceptors (Lipinski definition) is 5. The van der Waals surface area contributed by atoms with Gasteiger partial charge in [0.15, 0.2) is 6.10 Å². The van der Waals surface area contributed by atoms with Crippen LogP contribution in [0.3, 0.4) is 0 Å². The average Bonchev–Trinajstić information content (AvgIpc) is 2.68. The van der Waals surface area contributed by atoms with E-state index in [4.69, 9.17) is 9.47 Å². The fraction of sp³-hybridized carbons (Fsp3) is 0.840. The van der Waals surface area contributed by atoms with E-state index in [9.17, 15) is 14.7 Å². The molecule has 172 valence electrons. The Labute approximate surface area is 182 Å². The van der Waals surface area contributed by atoms with Crippen molar-refractivity contribution in [2.75, 3.05) is 13.2 Å². The largest absolute Gasteiger partial charge is 0.462 e. The quantitative estimate of drug-likeness (QED) is 0.415. The third kappa shape index (κ3) is 5.66. The van der Waals surface area contributed by atoms with Crippen LogP contribution in [0.1, 0.15) is 86.0 Å². The highest BCUT2D eigenvalue weighted by Crippen LogP contribution is 2.62. The fourth-order valence-electron chi connectivity index (χ4n) is 5.90. The molecule has 0 aromatic rings. The van der Waals surface area contributed by atoms with Crippen LogP contribution >= 0.6 is 0 Å². The fourth-order valence-corrected chi connectivity index (χ4v) is 5.90. The zero-order chi connectivity index (χ0) is 22.5. The number of allylic oxidation sites excluding steroid dienone is 1. The summed E-state index contributed by atoms with van der Waals surface area (Å²) in [7, 11) is 0. The lowest BCUT2D eigenvalue weighted by Crippen LogP contribution is -2.50. The zero-order valence-corrected chi connectivity index (χ0v) is 19.7. The van der Waals surface area contributed by atoms with E-state index in [-0.39, 0.29) is 35.9 Å². The Hall–Kier alpha value is -1.36. The molecule has 2 unspecified atom stereocenters. The van der Waals surface area contributed by atoms with Crippen molar-refractivity contribution in [3.63, 3.8) is 0 Å². The number of hydrogen-bond donors (Lipinski definition) is 1. The Morgan fingerprint density at radius 1 is 1.30 bits per heavy atom. The number of carbonyl (C=O) groups is 2. The van der Waals surface area contributed by atoms with Crippen LogP contribution in [0.25, 0.3) is 0 Å². The first-order chi connectivity index (χ1) is 14.0. The molecule has 5 heteroatoms. The van der Waals surface area contributed by atoms with E-state index in [1.165, 1.54) is 44.6 Å². The van der Waals surface area contributed by atoms with E-state index in [2.05, 4.69) is 34.3 Å². The standard InChI is InChI=1S/C25H42O5/c1-17(14-23(28)30-21(15-26)16-29-20(4)27)10-12-24(5)19(3)11-13-25(6)18(2)8-7-9-22(24)25/h17,19,21-22,26H,2,7-16H2,1,3-6H3/t17?,19-,21?,22-,24+,25+/m1/s1. The molecule has 0 bridgehead atoms. The van der Waals surface area contributed by atoms with Gasteiger partial charge >= 0.3 is 11.9 Å². The number of aliphatic hydroxyl groups is 1. The molecule has 0 saturated heterocycles. The lowest BCUT2D eigenvalue weighted by atomic mass is 9.46. The van der Waals surface area contributed by atoms with Gasteiger partial charge in [0.1, 0.15) is 6.61 Å². The van der Waals surface area contributed by atoms with Crippen molar-refractivity contribution in [1.29, 1.82) is 0 Å². The SMILES string of the molecule is C=C1CCC[C@@H]2[C@@](C)(CCC(C)CC(=O)OC(CO)COC(C)=O)[C@H](C)CC[C@@]12C. The minimum atomic E-state index is -0.793. The highest BCUT2D eigenvalue weighted by Gasteiger charge is 2.53. The highest BCUT2D eigenvalue weighted by molar-refractivity contribution is 5.70. The second-order valence-electron chi connectivity index (χ2n) is 10.4. The number of esters is 2. The molecule has 5 nitrogen and oxygen atoms in total. The molecule has 6 atom stereocenters. The molecule has 1 N–H and O–H groups in total. The molecule has 2 rings (SSSR count). The van der Waals surface area contributed by atoms with Crippen LogP contribution in [0, 0.1) is 28.6 Å². The predicted molar refractivity (Wildman–Crippen MR) is 118 cm³/mol. The summed E-state index contributed by atoms with van der Waals surface area (Å²) in [4.78, 5) is 23.2. The molecule has 0 aromatic carbocycles. The van der Waals surface area contributed by atoms with Crippen LogP contribution in [-0.2, 0) is 19.1 Å². The van der Waals surface area contributed by atoms with Crippen LogP contribution in [0.4, 0.5) is 0 Å². The van der Waals surface area contributed by atoms with Crippen molar-refractivity contribution >= 4 is 11.9 Å². The van der Waals surface area contributed by atoms with Gasteiger partial charge in [0.05, 0.1) is 6.61 Å². The van der Waals surface area contributed by atoms with Gasteiger partial charge in [-0.05, 0) is 73.5 Å². The van der Waals surface area contributed by atoms with Crippen LogP contribution < -0.4 is 0 Å². The van der Waals surface area contributed by atoms with Gasteiger partial charge in [-0.15, -0.1) is 0 Å². The van der Waals surface area contributed by atoms with Gasteiger partial charge in [0.25, 0.3) is 0 Å². The lowest BCUT2D eigenvalue weighted by molar-refractivity contribution is -0.161. The molecule has 0 radical (unpaired) electrons. The molecule has 2 aliphatic rings. The normalized spacial score (nSPS) is 33.3. The molecule has 0 aliphatic heterocycles. The summed E-state index contributed by atoms with van der Waals surface area (Å²) in [6.07, 6.45) is 7.78. The summed E-state index contributed by atoms with van der Waals surface area (Å²) in [5.74, 6) is 0.742. The Bertz CT molecular complexity index is 629. The summed E-state index contributed by atoms with van der Waals surface area (Å²) in [6, 6.07) is 0. The van der Waals surface area contributed by atoms with E-state index in [1.54, 1.807) is 0 Å². The first-order valence-corrected chi connectivity index (χ1v) is 11.6. The highest BCUT2D eigenvalue weighted by atomic mass is 16.6. The molecule has 0 spiro atoms. The monoisotopic (exact) mass is 422 g/mol. The van der Waals surface area contributed by atoms with E-state index in [0.717, 1.165) is 12.8 Å². The molecule has 0 aromatic heterocycles. The van der Waals surface area contributed by atoms with Crippen molar-refractivity contribution in [2.24, 2.45) is 28.6 Å². The van der Waals surface area contributed by atoms with Crippen molar-refractivity contribution in [3.8, 4) is 0 Å². The summed E-state index contributed by atoms with van der Waals surface area (Å²) in [6.45, 7) is 14.7. The molecule has 2 aliphatic carbocycles. The maximum absolute atomic E-state index is 12.3. The van der Waals surface area contributed by atoms with Crippen LogP contribution in [0.15, 0.2) is 12.2 Å². The first-order valence-electron chi connectivity index (χ1n) is 11.6. The van der Waals surface area contributed by atoms with Crippen molar-refractivity contribution in [1.82, 2.24) is 0 Å². The number of fused-ring (bicyclic) bond motifs is 1. The molecular weight excluding hydrogens is 380 g/mol. The van der Waals surface area contributed by atoms with Gasteiger partial charge in [-0.3, -0.25) is 9.59 Å². The van der Waals surface area contributed by atoms with Crippen LogP contribution in [0.2, 0.25) is 0 Å². The number of carbonyl (C=O) groups excluding carboxylic acids is 2. The second kappa shape index (κ2) is 10.3. The Morgan fingerprint density at radius 2 is 2.00 bits per heavy atom. The number of aliphatic hydroxyl groups excluding tert-OH is 1. The first kappa shape index (κ1) is 24.9. The minimum absolute atomic E-state index is 0.105. The molecular formula is C25H42O5. The molecule has 2 fully saturated rings. The van der Waals surface area contributed by atoms with Gasteiger partial charge in [0, 0.05) is 13.3 Å². The van der Waals surface area contributed by atoms with Crippen LogP contribution in [-0.4, -0.2) is 36.4 Å². The predicted octanol–water partition coefficient (Wildman–Crippen LogP) is 5.06. The van der Waals surface area contributed by atoms with E-state index >= 15 is 0 Å². The van der Waals surface area contributed by atoms with Gasteiger partial charge < -0.3 is 14.6 Å².